The maximum Gasteiger partial charge on any atom is 0.244 e. The number of morpholine rings is 1. The van der Waals surface area contributed by atoms with E-state index in [4.69, 9.17) is 4.74 Å². The molecule has 2 bridgehead atoms. The van der Waals surface area contributed by atoms with E-state index in [9.17, 15) is 8.42 Å². The Labute approximate surface area is 125 Å². The average Bonchev–Trinajstić information content (AvgIpc) is 3.06. The molecule has 2 fully saturated rings. The van der Waals surface area contributed by atoms with Crippen LogP contribution in [0.5, 0.6) is 0 Å². The van der Waals surface area contributed by atoms with Crippen LogP contribution in [0.4, 0.5) is 0 Å². The maximum absolute atomic E-state index is 12.7. The highest BCUT2D eigenvalue weighted by Gasteiger charge is 2.39. The van der Waals surface area contributed by atoms with E-state index in [1.807, 2.05) is 0 Å². The third kappa shape index (κ3) is 3.15. The maximum atomic E-state index is 12.7. The lowest BCUT2D eigenvalue weighted by Crippen LogP contribution is -2.45. The SMILES string of the molecule is CCCNCc1cc(S(=O)(=O)N2CC3CCC(C2)O3)c[nH]1. The molecule has 1 aromatic heterocycles. The van der Waals surface area contributed by atoms with Gasteiger partial charge in [0.05, 0.1) is 17.1 Å². The molecule has 2 N–H and O–H groups in total. The minimum atomic E-state index is -3.40. The van der Waals surface area contributed by atoms with E-state index < -0.39 is 10.0 Å². The van der Waals surface area contributed by atoms with E-state index in [0.717, 1.165) is 31.5 Å². The number of sulfonamides is 1. The van der Waals surface area contributed by atoms with Gasteiger partial charge in [-0.3, -0.25) is 0 Å². The molecule has 21 heavy (non-hydrogen) atoms. The molecule has 2 aliphatic rings. The standard InChI is InChI=1S/C14H23N3O3S/c1-2-5-15-7-11-6-14(8-16-11)21(18,19)17-9-12-3-4-13(10-17)20-12/h6,8,12-13,15-16H,2-5,7,9-10H2,1H3. The molecule has 2 unspecified atom stereocenters. The van der Waals surface area contributed by atoms with Crippen molar-refractivity contribution in [3.05, 3.63) is 18.0 Å². The summed E-state index contributed by atoms with van der Waals surface area (Å²) in [7, 11) is -3.40. The van der Waals surface area contributed by atoms with Crippen molar-refractivity contribution in [2.75, 3.05) is 19.6 Å². The highest BCUT2D eigenvalue weighted by molar-refractivity contribution is 7.89. The lowest BCUT2D eigenvalue weighted by molar-refractivity contribution is -0.0114. The average molecular weight is 313 g/mol. The second kappa shape index (κ2) is 6.08. The summed E-state index contributed by atoms with van der Waals surface area (Å²) in [4.78, 5) is 3.41. The minimum absolute atomic E-state index is 0.0724. The van der Waals surface area contributed by atoms with Crippen LogP contribution in [0.1, 0.15) is 31.9 Å². The Morgan fingerprint density at radius 1 is 1.38 bits per heavy atom. The highest BCUT2D eigenvalue weighted by atomic mass is 32.2. The Hall–Kier alpha value is -0.890. The smallest absolute Gasteiger partial charge is 0.244 e. The minimum Gasteiger partial charge on any atom is -0.372 e. The van der Waals surface area contributed by atoms with Gasteiger partial charge in [0.2, 0.25) is 10.0 Å². The third-order valence-corrected chi connectivity index (χ3v) is 5.92. The quantitative estimate of drug-likeness (QED) is 0.770. The van der Waals surface area contributed by atoms with Crippen molar-refractivity contribution in [1.82, 2.24) is 14.6 Å². The monoisotopic (exact) mass is 313 g/mol. The normalized spacial score (nSPS) is 26.3. The van der Waals surface area contributed by atoms with Crippen LogP contribution < -0.4 is 5.32 Å². The predicted molar refractivity (Wildman–Crippen MR) is 79.4 cm³/mol. The van der Waals surface area contributed by atoms with Crippen LogP contribution in [0.2, 0.25) is 0 Å². The number of hydrogen-bond acceptors (Lipinski definition) is 4. The molecule has 0 radical (unpaired) electrons. The molecule has 0 aromatic carbocycles. The lowest BCUT2D eigenvalue weighted by atomic mass is 10.2. The number of rotatable bonds is 6. The van der Waals surface area contributed by atoms with E-state index >= 15 is 0 Å². The molecule has 2 atom stereocenters. The zero-order valence-electron chi connectivity index (χ0n) is 12.3. The van der Waals surface area contributed by atoms with Crippen molar-refractivity contribution >= 4 is 10.0 Å². The zero-order chi connectivity index (χ0) is 14.9. The van der Waals surface area contributed by atoms with Gasteiger partial charge in [0, 0.05) is 31.5 Å². The van der Waals surface area contributed by atoms with Gasteiger partial charge in [-0.15, -0.1) is 0 Å². The molecule has 2 saturated heterocycles. The Bertz CT molecular complexity index is 572. The molecule has 1 aromatic rings. The van der Waals surface area contributed by atoms with Crippen molar-refractivity contribution in [2.45, 2.75) is 49.8 Å². The summed E-state index contributed by atoms with van der Waals surface area (Å²) in [6, 6.07) is 1.73. The van der Waals surface area contributed by atoms with Crippen molar-refractivity contribution in [2.24, 2.45) is 0 Å². The summed E-state index contributed by atoms with van der Waals surface area (Å²) in [6.07, 6.45) is 4.73. The van der Waals surface area contributed by atoms with Crippen LogP contribution in [0.3, 0.4) is 0 Å². The summed E-state index contributed by atoms with van der Waals surface area (Å²) >= 11 is 0. The summed E-state index contributed by atoms with van der Waals surface area (Å²) in [5, 5.41) is 3.26. The number of H-pyrrole nitrogens is 1. The van der Waals surface area contributed by atoms with Crippen molar-refractivity contribution < 1.29 is 13.2 Å². The van der Waals surface area contributed by atoms with Gasteiger partial charge in [-0.2, -0.15) is 4.31 Å². The lowest BCUT2D eigenvalue weighted by Gasteiger charge is -2.30. The van der Waals surface area contributed by atoms with Crippen molar-refractivity contribution in [3.63, 3.8) is 0 Å². The molecule has 0 spiro atoms. The number of nitrogens with zero attached hydrogens (tertiary/aromatic N) is 1. The van der Waals surface area contributed by atoms with Crippen LogP contribution in [0.25, 0.3) is 0 Å². The number of ether oxygens (including phenoxy) is 1. The Morgan fingerprint density at radius 2 is 2.10 bits per heavy atom. The molecule has 0 saturated carbocycles. The van der Waals surface area contributed by atoms with Crippen LogP contribution in [0.15, 0.2) is 17.2 Å². The molecule has 0 aliphatic carbocycles. The van der Waals surface area contributed by atoms with Crippen LogP contribution in [-0.2, 0) is 21.3 Å². The predicted octanol–water partition coefficient (Wildman–Crippen LogP) is 1.07. The van der Waals surface area contributed by atoms with Crippen LogP contribution in [0, 0.1) is 0 Å². The second-order valence-corrected chi connectivity index (χ2v) is 7.75. The first-order valence-electron chi connectivity index (χ1n) is 7.63. The summed E-state index contributed by atoms with van der Waals surface area (Å²) in [6.45, 7) is 4.65. The molecule has 2 aliphatic heterocycles. The van der Waals surface area contributed by atoms with E-state index in [1.54, 1.807) is 16.6 Å². The molecule has 6 nitrogen and oxygen atoms in total. The van der Waals surface area contributed by atoms with Crippen LogP contribution >= 0.6 is 0 Å². The van der Waals surface area contributed by atoms with Gasteiger partial charge in [-0.05, 0) is 31.9 Å². The number of fused-ring (bicyclic) bond motifs is 2. The topological polar surface area (TPSA) is 74.4 Å². The number of hydrogen-bond donors (Lipinski definition) is 2. The first-order valence-corrected chi connectivity index (χ1v) is 9.07. The van der Waals surface area contributed by atoms with Crippen LogP contribution in [-0.4, -0.2) is 49.5 Å². The van der Waals surface area contributed by atoms with Gasteiger partial charge >= 0.3 is 0 Å². The highest BCUT2D eigenvalue weighted by Crippen LogP contribution is 2.30. The first kappa shape index (κ1) is 15.0. The Morgan fingerprint density at radius 3 is 2.76 bits per heavy atom. The van der Waals surface area contributed by atoms with E-state index in [0.29, 0.717) is 24.5 Å². The van der Waals surface area contributed by atoms with Crippen molar-refractivity contribution in [3.8, 4) is 0 Å². The molecule has 7 heteroatoms. The number of aromatic nitrogens is 1. The van der Waals surface area contributed by atoms with Crippen molar-refractivity contribution in [1.29, 1.82) is 0 Å². The van der Waals surface area contributed by atoms with E-state index in [1.165, 1.54) is 0 Å². The van der Waals surface area contributed by atoms with E-state index in [2.05, 4.69) is 17.2 Å². The van der Waals surface area contributed by atoms with Gasteiger partial charge in [-0.1, -0.05) is 6.92 Å². The number of nitrogens with one attached hydrogen (secondary N) is 2. The van der Waals surface area contributed by atoms with Gasteiger partial charge in [-0.25, -0.2) is 8.42 Å². The van der Waals surface area contributed by atoms with Gasteiger partial charge in [0.15, 0.2) is 0 Å². The van der Waals surface area contributed by atoms with Gasteiger partial charge in [0.25, 0.3) is 0 Å². The fraction of sp³-hybridized carbons (Fsp3) is 0.714. The Kier molecular flexibility index (Phi) is 4.35. The molecule has 3 heterocycles. The fourth-order valence-electron chi connectivity index (χ4n) is 2.99. The summed E-state index contributed by atoms with van der Waals surface area (Å²) in [5.41, 5.74) is 0.901. The molecular formula is C14H23N3O3S. The first-order chi connectivity index (χ1) is 10.1. The molecule has 3 rings (SSSR count). The second-order valence-electron chi connectivity index (χ2n) is 5.82. The Balaban J connectivity index is 1.70. The number of aromatic amines is 1. The summed E-state index contributed by atoms with van der Waals surface area (Å²) in [5.74, 6) is 0. The van der Waals surface area contributed by atoms with Gasteiger partial charge < -0.3 is 15.0 Å². The van der Waals surface area contributed by atoms with E-state index in [-0.39, 0.29) is 12.2 Å². The summed E-state index contributed by atoms with van der Waals surface area (Å²) < 4.78 is 32.6. The van der Waals surface area contributed by atoms with Gasteiger partial charge in [0.1, 0.15) is 0 Å². The molecule has 0 amide bonds. The zero-order valence-corrected chi connectivity index (χ0v) is 13.2. The molecule has 118 valence electrons. The third-order valence-electron chi connectivity index (χ3n) is 4.11. The fourth-order valence-corrected chi connectivity index (χ4v) is 4.51. The molecular weight excluding hydrogens is 290 g/mol. The largest absolute Gasteiger partial charge is 0.372 e.